The predicted octanol–water partition coefficient (Wildman–Crippen LogP) is 5.87. The van der Waals surface area contributed by atoms with Crippen LogP contribution in [0.3, 0.4) is 0 Å². The van der Waals surface area contributed by atoms with Crippen LogP contribution in [-0.2, 0) is 0 Å². The van der Waals surface area contributed by atoms with E-state index in [-0.39, 0.29) is 0 Å². The maximum Gasteiger partial charge on any atom is 0.144 e. The Hall–Kier alpha value is -2.54. The average Bonchev–Trinajstić information content (AvgIpc) is 3.30. The summed E-state index contributed by atoms with van der Waals surface area (Å²) in [5.41, 5.74) is 9.78. The van der Waals surface area contributed by atoms with Crippen molar-refractivity contribution in [2.75, 3.05) is 5.73 Å². The highest BCUT2D eigenvalue weighted by atomic mass is 35.5. The van der Waals surface area contributed by atoms with Gasteiger partial charge in [0.25, 0.3) is 0 Å². The molecular weight excluding hydrogens is 384 g/mol. The third-order valence-electron chi connectivity index (χ3n) is 4.19. The van der Waals surface area contributed by atoms with Crippen molar-refractivity contribution < 1.29 is 0 Å². The Labute approximate surface area is 161 Å². The molecule has 0 aliphatic rings. The molecule has 0 amide bonds. The van der Waals surface area contributed by atoms with E-state index in [2.05, 4.69) is 22.1 Å². The largest absolute Gasteiger partial charge is 0.382 e. The van der Waals surface area contributed by atoms with Crippen molar-refractivity contribution in [2.45, 2.75) is 0 Å². The predicted molar refractivity (Wildman–Crippen MR) is 111 cm³/mol. The molecule has 2 N–H and O–H groups in total. The van der Waals surface area contributed by atoms with E-state index in [4.69, 9.17) is 22.3 Å². The number of halogens is 1. The lowest BCUT2D eigenvalue weighted by molar-refractivity contribution is 1.24. The zero-order valence-electron chi connectivity index (χ0n) is 13.3. The SMILES string of the molecule is Nc1ncnc2c1sc1nc(-c3cccs3)cc(-c3ccccc3Cl)c12. The molecule has 7 heteroatoms. The molecule has 0 aliphatic carbocycles. The zero-order chi connectivity index (χ0) is 17.7. The van der Waals surface area contributed by atoms with E-state index in [1.807, 2.05) is 35.7 Å². The van der Waals surface area contributed by atoms with Gasteiger partial charge in [-0.05, 0) is 29.1 Å². The molecule has 0 saturated heterocycles. The van der Waals surface area contributed by atoms with Crippen molar-refractivity contribution in [3.8, 4) is 21.7 Å². The van der Waals surface area contributed by atoms with Crippen LogP contribution in [0.15, 0.2) is 54.2 Å². The first-order valence-corrected chi connectivity index (χ1v) is 9.92. The van der Waals surface area contributed by atoms with Crippen LogP contribution in [0.5, 0.6) is 0 Å². The smallest absolute Gasteiger partial charge is 0.144 e. The minimum Gasteiger partial charge on any atom is -0.382 e. The van der Waals surface area contributed by atoms with Crippen LogP contribution in [-0.4, -0.2) is 15.0 Å². The second kappa shape index (κ2) is 6.02. The summed E-state index contributed by atoms with van der Waals surface area (Å²) in [6.07, 6.45) is 1.49. The highest BCUT2D eigenvalue weighted by Gasteiger charge is 2.19. The number of fused-ring (bicyclic) bond motifs is 3. The molecule has 1 aromatic carbocycles. The number of benzene rings is 1. The monoisotopic (exact) mass is 394 g/mol. The molecular formula is C19H11ClN4S2. The van der Waals surface area contributed by atoms with Crippen LogP contribution >= 0.6 is 34.3 Å². The van der Waals surface area contributed by atoms with E-state index in [9.17, 15) is 0 Å². The molecule has 0 atom stereocenters. The summed E-state index contributed by atoms with van der Waals surface area (Å²) in [5.74, 6) is 0.473. The van der Waals surface area contributed by atoms with Gasteiger partial charge >= 0.3 is 0 Å². The van der Waals surface area contributed by atoms with Crippen molar-refractivity contribution in [3.05, 3.63) is 59.2 Å². The van der Waals surface area contributed by atoms with Gasteiger partial charge in [-0.1, -0.05) is 35.9 Å². The molecule has 0 aliphatic heterocycles. The van der Waals surface area contributed by atoms with E-state index in [0.29, 0.717) is 10.8 Å². The summed E-state index contributed by atoms with van der Waals surface area (Å²) in [7, 11) is 0. The fraction of sp³-hybridized carbons (Fsp3) is 0. The van der Waals surface area contributed by atoms with Gasteiger partial charge in [0, 0.05) is 16.0 Å². The molecule has 5 rings (SSSR count). The lowest BCUT2D eigenvalue weighted by atomic mass is 10.0. The van der Waals surface area contributed by atoms with Gasteiger partial charge in [0.2, 0.25) is 0 Å². The Kier molecular flexibility index (Phi) is 3.63. The molecule has 0 unspecified atom stereocenters. The lowest BCUT2D eigenvalue weighted by Gasteiger charge is -2.08. The highest BCUT2D eigenvalue weighted by Crippen LogP contribution is 2.43. The van der Waals surface area contributed by atoms with Crippen molar-refractivity contribution >= 4 is 60.5 Å². The summed E-state index contributed by atoms with van der Waals surface area (Å²) in [4.78, 5) is 15.5. The van der Waals surface area contributed by atoms with Gasteiger partial charge in [0.05, 0.1) is 20.8 Å². The first-order valence-electron chi connectivity index (χ1n) is 7.85. The Morgan fingerprint density at radius 2 is 1.88 bits per heavy atom. The molecule has 0 bridgehead atoms. The average molecular weight is 395 g/mol. The van der Waals surface area contributed by atoms with Crippen LogP contribution in [0.2, 0.25) is 5.02 Å². The molecule has 4 nitrogen and oxygen atoms in total. The fourth-order valence-electron chi connectivity index (χ4n) is 3.03. The quantitative estimate of drug-likeness (QED) is 0.406. The highest BCUT2D eigenvalue weighted by molar-refractivity contribution is 7.26. The van der Waals surface area contributed by atoms with E-state index in [1.54, 1.807) is 11.3 Å². The van der Waals surface area contributed by atoms with Gasteiger partial charge in [0.1, 0.15) is 17.0 Å². The molecule has 26 heavy (non-hydrogen) atoms. The Bertz CT molecular complexity index is 1260. The number of hydrogen-bond acceptors (Lipinski definition) is 6. The van der Waals surface area contributed by atoms with E-state index in [0.717, 1.165) is 42.1 Å². The normalized spacial score (nSPS) is 11.4. The van der Waals surface area contributed by atoms with Gasteiger partial charge in [-0.15, -0.1) is 22.7 Å². The number of anilines is 1. The van der Waals surface area contributed by atoms with Crippen molar-refractivity contribution in [2.24, 2.45) is 0 Å². The Morgan fingerprint density at radius 3 is 2.69 bits per heavy atom. The third-order valence-corrected chi connectivity index (χ3v) is 6.51. The van der Waals surface area contributed by atoms with E-state index >= 15 is 0 Å². The molecule has 0 radical (unpaired) electrons. The van der Waals surface area contributed by atoms with Crippen LogP contribution < -0.4 is 5.73 Å². The van der Waals surface area contributed by atoms with E-state index in [1.165, 1.54) is 17.7 Å². The summed E-state index contributed by atoms with van der Waals surface area (Å²) < 4.78 is 0.853. The number of nitrogen functional groups attached to an aromatic ring is 1. The summed E-state index contributed by atoms with van der Waals surface area (Å²) >= 11 is 9.69. The first-order chi connectivity index (χ1) is 12.7. The number of aromatic nitrogens is 3. The number of hydrogen-bond donors (Lipinski definition) is 1. The molecule has 4 aromatic heterocycles. The van der Waals surface area contributed by atoms with Gasteiger partial charge in [-0.3, -0.25) is 0 Å². The third kappa shape index (κ3) is 2.38. The Balaban J connectivity index is 1.95. The zero-order valence-corrected chi connectivity index (χ0v) is 15.7. The number of nitrogens with zero attached hydrogens (tertiary/aromatic N) is 3. The Morgan fingerprint density at radius 1 is 1.00 bits per heavy atom. The van der Waals surface area contributed by atoms with Gasteiger partial charge in [-0.25, -0.2) is 15.0 Å². The van der Waals surface area contributed by atoms with Gasteiger partial charge < -0.3 is 5.73 Å². The number of thiophene rings is 2. The fourth-order valence-corrected chi connectivity index (χ4v) is 5.01. The van der Waals surface area contributed by atoms with Crippen molar-refractivity contribution in [3.63, 3.8) is 0 Å². The van der Waals surface area contributed by atoms with Crippen molar-refractivity contribution in [1.82, 2.24) is 15.0 Å². The second-order valence-corrected chi connectivity index (χ2v) is 8.09. The molecule has 5 aromatic rings. The summed E-state index contributed by atoms with van der Waals surface area (Å²) in [6.45, 7) is 0. The standard InChI is InChI=1S/C19H11ClN4S2/c20-12-5-2-1-4-10(12)11-8-13(14-6-3-7-25-14)24-19-15(11)16-17(26-19)18(21)23-9-22-16/h1-9H,(H2,21,22,23). The van der Waals surface area contributed by atoms with E-state index < -0.39 is 0 Å². The number of nitrogens with two attached hydrogens (primary N) is 1. The molecule has 0 saturated carbocycles. The van der Waals surface area contributed by atoms with Gasteiger partial charge in [0.15, 0.2) is 0 Å². The van der Waals surface area contributed by atoms with Crippen molar-refractivity contribution in [1.29, 1.82) is 0 Å². The minimum absolute atomic E-state index is 0.473. The maximum atomic E-state index is 6.51. The minimum atomic E-state index is 0.473. The molecule has 126 valence electrons. The number of pyridine rings is 1. The maximum absolute atomic E-state index is 6.51. The van der Waals surface area contributed by atoms with Gasteiger partial charge in [-0.2, -0.15) is 0 Å². The topological polar surface area (TPSA) is 64.7 Å². The summed E-state index contributed by atoms with van der Waals surface area (Å²) in [5, 5.41) is 3.70. The van der Waals surface area contributed by atoms with Crippen LogP contribution in [0.25, 0.3) is 42.1 Å². The van der Waals surface area contributed by atoms with Crippen LogP contribution in [0, 0.1) is 0 Å². The molecule has 0 spiro atoms. The second-order valence-electron chi connectivity index (χ2n) is 5.73. The summed E-state index contributed by atoms with van der Waals surface area (Å²) in [6, 6.07) is 14.0. The van der Waals surface area contributed by atoms with Crippen LogP contribution in [0.4, 0.5) is 5.82 Å². The molecule has 4 heterocycles. The number of rotatable bonds is 2. The first kappa shape index (κ1) is 15.7. The van der Waals surface area contributed by atoms with Crippen LogP contribution in [0.1, 0.15) is 0 Å². The lowest BCUT2D eigenvalue weighted by Crippen LogP contribution is -1.91. The molecule has 0 fully saturated rings.